The van der Waals surface area contributed by atoms with E-state index in [4.69, 9.17) is 5.73 Å². The number of nitrogens with two attached hydrogens (primary N) is 1. The van der Waals surface area contributed by atoms with Gasteiger partial charge < -0.3 is 15.6 Å². The minimum Gasteiger partial charge on any atom is -0.361 e. The number of aromatic nitrogens is 1. The Morgan fingerprint density at radius 2 is 2.29 bits per heavy atom. The third-order valence-corrected chi connectivity index (χ3v) is 2.57. The van der Waals surface area contributed by atoms with Crippen molar-refractivity contribution < 1.29 is 4.79 Å². The van der Waals surface area contributed by atoms with Crippen LogP contribution in [0.2, 0.25) is 0 Å². The molecule has 1 saturated heterocycles. The molecule has 0 radical (unpaired) electrons. The number of anilines is 1. The van der Waals surface area contributed by atoms with Crippen molar-refractivity contribution >= 4 is 11.6 Å². The average Bonchev–Trinajstić information content (AvgIpc) is 2.55. The highest BCUT2D eigenvalue weighted by Gasteiger charge is 2.29. The molecule has 14 heavy (non-hydrogen) atoms. The number of hydrogen-bond donors (Lipinski definition) is 2. The van der Waals surface area contributed by atoms with Crippen LogP contribution < -0.4 is 10.6 Å². The minimum atomic E-state index is -0.0166. The summed E-state index contributed by atoms with van der Waals surface area (Å²) in [5.74, 6) is 0.125. The number of H-pyrrole nitrogens is 1. The highest BCUT2D eigenvalue weighted by molar-refractivity contribution is 5.96. The van der Waals surface area contributed by atoms with Gasteiger partial charge in [0.25, 0.3) is 0 Å². The van der Waals surface area contributed by atoms with E-state index in [9.17, 15) is 4.79 Å². The van der Waals surface area contributed by atoms with E-state index in [2.05, 4.69) is 4.98 Å². The van der Waals surface area contributed by atoms with Crippen molar-refractivity contribution in [3.63, 3.8) is 0 Å². The Labute approximate surface area is 83.1 Å². The SMILES string of the molecule is Cc1cc(N2CC(N)CC2=O)c(C)[nH]1. The fraction of sp³-hybridized carbons (Fsp3) is 0.500. The molecule has 1 fully saturated rings. The lowest BCUT2D eigenvalue weighted by Crippen LogP contribution is -2.28. The number of hydrogen-bond acceptors (Lipinski definition) is 2. The van der Waals surface area contributed by atoms with Crippen LogP contribution in [0.15, 0.2) is 6.07 Å². The number of amides is 1. The van der Waals surface area contributed by atoms with Crippen LogP contribution in [0.4, 0.5) is 5.69 Å². The third kappa shape index (κ3) is 1.42. The van der Waals surface area contributed by atoms with Crippen LogP contribution in [0, 0.1) is 13.8 Å². The molecule has 1 unspecified atom stereocenters. The van der Waals surface area contributed by atoms with Gasteiger partial charge in [0.15, 0.2) is 0 Å². The number of aromatic amines is 1. The molecule has 1 amide bonds. The molecule has 0 spiro atoms. The van der Waals surface area contributed by atoms with Crippen molar-refractivity contribution in [1.82, 2.24) is 4.98 Å². The van der Waals surface area contributed by atoms with E-state index in [1.807, 2.05) is 19.9 Å². The Hall–Kier alpha value is -1.29. The van der Waals surface area contributed by atoms with Gasteiger partial charge in [-0.05, 0) is 19.9 Å². The summed E-state index contributed by atoms with van der Waals surface area (Å²) in [6, 6.07) is 1.97. The first-order valence-corrected chi connectivity index (χ1v) is 4.80. The molecule has 1 aliphatic heterocycles. The zero-order chi connectivity index (χ0) is 10.3. The van der Waals surface area contributed by atoms with E-state index in [0.29, 0.717) is 13.0 Å². The second-order valence-electron chi connectivity index (χ2n) is 3.93. The van der Waals surface area contributed by atoms with Crippen molar-refractivity contribution in [2.45, 2.75) is 26.3 Å². The normalized spacial score (nSPS) is 22.1. The number of nitrogens with zero attached hydrogens (tertiary/aromatic N) is 1. The predicted molar refractivity (Wildman–Crippen MR) is 55.2 cm³/mol. The zero-order valence-corrected chi connectivity index (χ0v) is 8.50. The third-order valence-electron chi connectivity index (χ3n) is 2.57. The van der Waals surface area contributed by atoms with E-state index in [0.717, 1.165) is 17.1 Å². The van der Waals surface area contributed by atoms with Gasteiger partial charge in [-0.25, -0.2) is 0 Å². The lowest BCUT2D eigenvalue weighted by Gasteiger charge is -2.15. The molecule has 1 aliphatic rings. The number of aryl methyl sites for hydroxylation is 2. The first kappa shape index (κ1) is 9.27. The van der Waals surface area contributed by atoms with Crippen molar-refractivity contribution in [2.75, 3.05) is 11.4 Å². The van der Waals surface area contributed by atoms with Gasteiger partial charge in [0.2, 0.25) is 5.91 Å². The average molecular weight is 193 g/mol. The molecule has 1 atom stereocenters. The smallest absolute Gasteiger partial charge is 0.228 e. The molecular formula is C10H15N3O. The first-order valence-electron chi connectivity index (χ1n) is 4.80. The van der Waals surface area contributed by atoms with Crippen molar-refractivity contribution in [3.05, 3.63) is 17.5 Å². The lowest BCUT2D eigenvalue weighted by atomic mass is 10.3. The van der Waals surface area contributed by atoms with Crippen LogP contribution in [-0.4, -0.2) is 23.5 Å². The summed E-state index contributed by atoms with van der Waals surface area (Å²) in [7, 11) is 0. The quantitative estimate of drug-likeness (QED) is 0.689. The van der Waals surface area contributed by atoms with E-state index in [-0.39, 0.29) is 11.9 Å². The van der Waals surface area contributed by atoms with Gasteiger partial charge in [0.1, 0.15) is 0 Å². The molecular weight excluding hydrogens is 178 g/mol. The van der Waals surface area contributed by atoms with E-state index in [1.54, 1.807) is 4.90 Å². The van der Waals surface area contributed by atoms with Crippen molar-refractivity contribution in [1.29, 1.82) is 0 Å². The fourth-order valence-electron chi connectivity index (χ4n) is 1.96. The topological polar surface area (TPSA) is 62.1 Å². The Morgan fingerprint density at radius 1 is 1.57 bits per heavy atom. The summed E-state index contributed by atoms with van der Waals surface area (Å²) in [6.07, 6.45) is 0.462. The van der Waals surface area contributed by atoms with Crippen molar-refractivity contribution in [3.8, 4) is 0 Å². The second-order valence-corrected chi connectivity index (χ2v) is 3.93. The molecule has 0 aliphatic carbocycles. The Balaban J connectivity index is 2.31. The molecule has 2 rings (SSSR count). The van der Waals surface area contributed by atoms with Gasteiger partial charge in [0, 0.05) is 30.4 Å². The van der Waals surface area contributed by atoms with Crippen LogP contribution >= 0.6 is 0 Å². The second kappa shape index (κ2) is 3.13. The van der Waals surface area contributed by atoms with Gasteiger partial charge in [-0.2, -0.15) is 0 Å². The number of nitrogens with one attached hydrogen (secondary N) is 1. The Kier molecular flexibility index (Phi) is 2.07. The molecule has 4 heteroatoms. The largest absolute Gasteiger partial charge is 0.361 e. The standard InChI is InChI=1S/C10H15N3O/c1-6-3-9(7(2)12-6)13-5-8(11)4-10(13)14/h3,8,12H,4-5,11H2,1-2H3. The van der Waals surface area contributed by atoms with Crippen LogP contribution in [0.3, 0.4) is 0 Å². The maximum absolute atomic E-state index is 11.6. The molecule has 0 bridgehead atoms. The Morgan fingerprint density at radius 3 is 2.71 bits per heavy atom. The fourth-order valence-corrected chi connectivity index (χ4v) is 1.96. The van der Waals surface area contributed by atoms with E-state index in [1.165, 1.54) is 0 Å². The zero-order valence-electron chi connectivity index (χ0n) is 8.50. The summed E-state index contributed by atoms with van der Waals surface area (Å²) in [6.45, 7) is 4.59. The molecule has 3 N–H and O–H groups in total. The van der Waals surface area contributed by atoms with E-state index < -0.39 is 0 Å². The van der Waals surface area contributed by atoms with Gasteiger partial charge >= 0.3 is 0 Å². The van der Waals surface area contributed by atoms with Gasteiger partial charge in [0.05, 0.1) is 5.69 Å². The molecule has 4 nitrogen and oxygen atoms in total. The minimum absolute atomic E-state index is 0.0166. The monoisotopic (exact) mass is 193 g/mol. The summed E-state index contributed by atoms with van der Waals surface area (Å²) in [5.41, 5.74) is 8.82. The van der Waals surface area contributed by atoms with Crippen LogP contribution in [0.25, 0.3) is 0 Å². The van der Waals surface area contributed by atoms with Crippen LogP contribution in [0.5, 0.6) is 0 Å². The molecule has 1 aromatic heterocycles. The molecule has 0 aromatic carbocycles. The van der Waals surface area contributed by atoms with Gasteiger partial charge in [-0.3, -0.25) is 4.79 Å². The predicted octanol–water partition coefficient (Wildman–Crippen LogP) is 0.696. The van der Waals surface area contributed by atoms with E-state index >= 15 is 0 Å². The molecule has 76 valence electrons. The highest BCUT2D eigenvalue weighted by atomic mass is 16.2. The first-order chi connectivity index (χ1) is 6.58. The molecule has 0 saturated carbocycles. The summed E-state index contributed by atoms with van der Waals surface area (Å²) in [4.78, 5) is 16.5. The molecule has 1 aromatic rings. The highest BCUT2D eigenvalue weighted by Crippen LogP contribution is 2.25. The maximum Gasteiger partial charge on any atom is 0.228 e. The van der Waals surface area contributed by atoms with Crippen LogP contribution in [0.1, 0.15) is 17.8 Å². The summed E-state index contributed by atoms with van der Waals surface area (Å²) >= 11 is 0. The maximum atomic E-state index is 11.6. The summed E-state index contributed by atoms with van der Waals surface area (Å²) in [5, 5.41) is 0. The number of carbonyl (C=O) groups excluding carboxylic acids is 1. The number of rotatable bonds is 1. The van der Waals surface area contributed by atoms with Gasteiger partial charge in [-0.15, -0.1) is 0 Å². The van der Waals surface area contributed by atoms with Gasteiger partial charge in [-0.1, -0.05) is 0 Å². The number of carbonyl (C=O) groups is 1. The summed E-state index contributed by atoms with van der Waals surface area (Å²) < 4.78 is 0. The lowest BCUT2D eigenvalue weighted by molar-refractivity contribution is -0.117. The molecule has 2 heterocycles. The Bertz CT molecular complexity index is 369. The van der Waals surface area contributed by atoms with Crippen LogP contribution in [-0.2, 0) is 4.79 Å². The van der Waals surface area contributed by atoms with Crippen molar-refractivity contribution in [2.24, 2.45) is 5.73 Å².